The number of nitrogens with two attached hydrogens (primary N) is 1. The maximum Gasteiger partial charge on any atom is 0.324 e. The molecule has 0 amide bonds. The van der Waals surface area contributed by atoms with E-state index < -0.39 is 11.5 Å². The molecule has 1 heterocycles. The van der Waals surface area contributed by atoms with Crippen molar-refractivity contribution in [2.24, 2.45) is 5.73 Å². The number of carboxylic acid groups (broad SMARTS) is 1. The number of aliphatic carboxylic acids is 1. The van der Waals surface area contributed by atoms with Crippen LogP contribution in [0.5, 0.6) is 0 Å². The molecule has 2 rings (SSSR count). The van der Waals surface area contributed by atoms with Gasteiger partial charge in [0.15, 0.2) is 0 Å². The molecule has 0 bridgehead atoms. The zero-order chi connectivity index (χ0) is 10.9. The number of furan rings is 1. The number of hydrogen-bond acceptors (Lipinski definition) is 3. The van der Waals surface area contributed by atoms with Crippen molar-refractivity contribution in [3.63, 3.8) is 0 Å². The topological polar surface area (TPSA) is 76.5 Å². The van der Waals surface area contributed by atoms with Crippen LogP contribution in [0, 0.1) is 0 Å². The molecule has 1 aromatic rings. The molecule has 0 radical (unpaired) electrons. The fraction of sp³-hybridized carbons (Fsp3) is 0.364. The Morgan fingerprint density at radius 3 is 3.00 bits per heavy atom. The van der Waals surface area contributed by atoms with Gasteiger partial charge >= 0.3 is 5.97 Å². The van der Waals surface area contributed by atoms with Gasteiger partial charge in [-0.15, -0.1) is 0 Å². The summed E-state index contributed by atoms with van der Waals surface area (Å²) in [5, 5.41) is 9.17. The van der Waals surface area contributed by atoms with E-state index in [1.54, 1.807) is 12.1 Å². The van der Waals surface area contributed by atoms with Gasteiger partial charge in [-0.05, 0) is 25.0 Å². The van der Waals surface area contributed by atoms with Gasteiger partial charge in [-0.1, -0.05) is 12.2 Å². The highest BCUT2D eigenvalue weighted by Gasteiger charge is 2.44. The van der Waals surface area contributed by atoms with E-state index in [0.717, 1.165) is 0 Å². The Bertz CT molecular complexity index is 383. The van der Waals surface area contributed by atoms with Crippen molar-refractivity contribution in [1.82, 2.24) is 0 Å². The van der Waals surface area contributed by atoms with Crippen molar-refractivity contribution >= 4 is 5.97 Å². The average molecular weight is 207 g/mol. The quantitative estimate of drug-likeness (QED) is 0.720. The first kappa shape index (κ1) is 9.98. The third kappa shape index (κ3) is 1.57. The van der Waals surface area contributed by atoms with Crippen LogP contribution in [0.1, 0.15) is 24.5 Å². The standard InChI is InChI=1S/C11H13NO3/c12-11(10(13)14)6-2-1-4-8(11)9-5-3-7-15-9/h1-3,5,7-8H,4,6,12H2,(H,13,14)/t8-,11+/m0/s1. The van der Waals surface area contributed by atoms with E-state index >= 15 is 0 Å². The molecule has 3 N–H and O–H groups in total. The molecule has 0 aliphatic heterocycles. The van der Waals surface area contributed by atoms with Gasteiger partial charge < -0.3 is 15.3 Å². The zero-order valence-electron chi connectivity index (χ0n) is 8.22. The molecule has 0 saturated carbocycles. The Morgan fingerprint density at radius 2 is 2.40 bits per heavy atom. The lowest BCUT2D eigenvalue weighted by Gasteiger charge is -2.33. The van der Waals surface area contributed by atoms with E-state index in [2.05, 4.69) is 0 Å². The summed E-state index contributed by atoms with van der Waals surface area (Å²) in [6, 6.07) is 3.52. The van der Waals surface area contributed by atoms with E-state index in [1.165, 1.54) is 6.26 Å². The summed E-state index contributed by atoms with van der Waals surface area (Å²) in [4.78, 5) is 11.2. The van der Waals surface area contributed by atoms with Crippen molar-refractivity contribution in [3.05, 3.63) is 36.3 Å². The van der Waals surface area contributed by atoms with E-state index in [-0.39, 0.29) is 5.92 Å². The molecule has 0 unspecified atom stereocenters. The minimum Gasteiger partial charge on any atom is -0.480 e. The molecule has 0 spiro atoms. The largest absolute Gasteiger partial charge is 0.480 e. The van der Waals surface area contributed by atoms with Crippen molar-refractivity contribution in [2.45, 2.75) is 24.3 Å². The predicted molar refractivity (Wildman–Crippen MR) is 54.4 cm³/mol. The van der Waals surface area contributed by atoms with Crippen LogP contribution < -0.4 is 5.73 Å². The maximum atomic E-state index is 11.2. The first-order valence-electron chi connectivity index (χ1n) is 4.85. The summed E-state index contributed by atoms with van der Waals surface area (Å²) in [7, 11) is 0. The summed E-state index contributed by atoms with van der Waals surface area (Å²) in [5.74, 6) is -0.618. The summed E-state index contributed by atoms with van der Waals surface area (Å²) in [6.07, 6.45) is 6.24. The lowest BCUT2D eigenvalue weighted by molar-refractivity contribution is -0.144. The lowest BCUT2D eigenvalue weighted by Crippen LogP contribution is -2.53. The Hall–Kier alpha value is -1.55. The van der Waals surface area contributed by atoms with E-state index in [4.69, 9.17) is 15.3 Å². The normalized spacial score (nSPS) is 30.3. The van der Waals surface area contributed by atoms with Crippen LogP contribution in [0.3, 0.4) is 0 Å². The molecule has 4 heteroatoms. The molecule has 2 atom stereocenters. The molecule has 1 aromatic heterocycles. The number of hydrogen-bond donors (Lipinski definition) is 2. The van der Waals surface area contributed by atoms with Gasteiger partial charge in [-0.2, -0.15) is 0 Å². The summed E-state index contributed by atoms with van der Waals surface area (Å²) in [6.45, 7) is 0. The monoisotopic (exact) mass is 207 g/mol. The molecule has 15 heavy (non-hydrogen) atoms. The average Bonchev–Trinajstić information content (AvgIpc) is 2.71. The fourth-order valence-electron chi connectivity index (χ4n) is 1.96. The molecule has 0 saturated heterocycles. The third-order valence-corrected chi connectivity index (χ3v) is 2.90. The zero-order valence-corrected chi connectivity index (χ0v) is 8.22. The Balaban J connectivity index is 2.37. The summed E-state index contributed by atoms with van der Waals surface area (Å²) >= 11 is 0. The van der Waals surface area contributed by atoms with Crippen molar-refractivity contribution in [2.75, 3.05) is 0 Å². The van der Waals surface area contributed by atoms with Gasteiger partial charge in [0.2, 0.25) is 0 Å². The van der Waals surface area contributed by atoms with Crippen LogP contribution in [0.2, 0.25) is 0 Å². The molecular formula is C11H13NO3. The van der Waals surface area contributed by atoms with Crippen molar-refractivity contribution < 1.29 is 14.3 Å². The maximum absolute atomic E-state index is 11.2. The van der Waals surface area contributed by atoms with Gasteiger partial charge in [0, 0.05) is 5.92 Å². The summed E-state index contributed by atoms with van der Waals surface area (Å²) < 4.78 is 5.24. The van der Waals surface area contributed by atoms with E-state index in [0.29, 0.717) is 18.6 Å². The van der Waals surface area contributed by atoms with Crippen LogP contribution in [0.4, 0.5) is 0 Å². The smallest absolute Gasteiger partial charge is 0.324 e. The van der Waals surface area contributed by atoms with Crippen LogP contribution in [0.15, 0.2) is 35.0 Å². The Labute approximate surface area is 87.4 Å². The second kappa shape index (κ2) is 3.55. The van der Waals surface area contributed by atoms with Crippen LogP contribution in [0.25, 0.3) is 0 Å². The Morgan fingerprint density at radius 1 is 1.60 bits per heavy atom. The second-order valence-corrected chi connectivity index (χ2v) is 3.82. The minimum atomic E-state index is -1.24. The second-order valence-electron chi connectivity index (χ2n) is 3.82. The molecule has 1 aliphatic carbocycles. The van der Waals surface area contributed by atoms with Gasteiger partial charge in [0.1, 0.15) is 11.3 Å². The molecule has 0 aromatic carbocycles. The van der Waals surface area contributed by atoms with Crippen molar-refractivity contribution in [3.8, 4) is 0 Å². The van der Waals surface area contributed by atoms with Crippen LogP contribution >= 0.6 is 0 Å². The highest BCUT2D eigenvalue weighted by atomic mass is 16.4. The van der Waals surface area contributed by atoms with Crippen LogP contribution in [-0.2, 0) is 4.79 Å². The van der Waals surface area contributed by atoms with Gasteiger partial charge in [-0.3, -0.25) is 4.79 Å². The first-order valence-corrected chi connectivity index (χ1v) is 4.85. The Kier molecular flexibility index (Phi) is 2.36. The number of rotatable bonds is 2. The van der Waals surface area contributed by atoms with Gasteiger partial charge in [0.25, 0.3) is 0 Å². The molecule has 4 nitrogen and oxygen atoms in total. The van der Waals surface area contributed by atoms with Gasteiger partial charge in [0.05, 0.1) is 6.26 Å². The number of allylic oxidation sites excluding steroid dienone is 1. The first-order chi connectivity index (χ1) is 7.14. The van der Waals surface area contributed by atoms with E-state index in [1.807, 2.05) is 12.2 Å². The SMILES string of the molecule is N[C@]1(C(=O)O)CC=CC[C@H]1c1ccco1. The van der Waals surface area contributed by atoms with E-state index in [9.17, 15) is 4.79 Å². The predicted octanol–water partition coefficient (Wildman–Crippen LogP) is 1.50. The number of carboxylic acids is 1. The highest BCUT2D eigenvalue weighted by molar-refractivity contribution is 5.80. The molecule has 1 aliphatic rings. The fourth-order valence-corrected chi connectivity index (χ4v) is 1.96. The lowest BCUT2D eigenvalue weighted by atomic mass is 9.75. The van der Waals surface area contributed by atoms with Crippen molar-refractivity contribution in [1.29, 1.82) is 0 Å². The number of carbonyl (C=O) groups is 1. The van der Waals surface area contributed by atoms with Crippen LogP contribution in [-0.4, -0.2) is 16.6 Å². The summed E-state index contributed by atoms with van der Waals surface area (Å²) in [5.41, 5.74) is 4.68. The third-order valence-electron chi connectivity index (χ3n) is 2.90. The van der Waals surface area contributed by atoms with Gasteiger partial charge in [-0.25, -0.2) is 0 Å². The molecular weight excluding hydrogens is 194 g/mol. The molecule has 0 fully saturated rings. The molecule has 80 valence electrons. The highest BCUT2D eigenvalue weighted by Crippen LogP contribution is 2.36. The minimum absolute atomic E-state index is 0.282.